The Kier molecular flexibility index (Phi) is 5.95. The Morgan fingerprint density at radius 3 is 2.43 bits per heavy atom. The molecule has 0 atom stereocenters. The number of fused-ring (bicyclic) bond motifs is 1. The smallest absolute Gasteiger partial charge is 0.231 e. The average molecular weight is 417 g/mol. The van der Waals surface area contributed by atoms with E-state index in [9.17, 15) is 0 Å². The molecule has 7 nitrogen and oxygen atoms in total. The molecule has 0 amide bonds. The summed E-state index contributed by atoms with van der Waals surface area (Å²) in [5.41, 5.74) is 5.41. The second-order valence-electron chi connectivity index (χ2n) is 6.14. The first kappa shape index (κ1) is 19.5. The van der Waals surface area contributed by atoms with Crippen LogP contribution < -0.4 is 14.9 Å². The van der Waals surface area contributed by atoms with Gasteiger partial charge in [0.15, 0.2) is 0 Å². The number of rotatable bonds is 6. The lowest BCUT2D eigenvalue weighted by Crippen LogP contribution is -2.02. The lowest BCUT2D eigenvalue weighted by atomic mass is 10.2. The van der Waals surface area contributed by atoms with Gasteiger partial charge in [-0.25, -0.2) is 4.98 Å². The number of methoxy groups -OCH3 is 2. The van der Waals surface area contributed by atoms with Crippen molar-refractivity contribution in [1.82, 2.24) is 4.98 Å². The Morgan fingerprint density at radius 1 is 0.900 bits per heavy atom. The molecule has 30 heavy (non-hydrogen) atoms. The summed E-state index contributed by atoms with van der Waals surface area (Å²) in [7, 11) is 3.24. The van der Waals surface area contributed by atoms with Crippen LogP contribution in [0.1, 0.15) is 5.56 Å². The molecular weight excluding hydrogens is 398 g/mol. The molecule has 8 heteroatoms. The molecule has 1 N–H and O–H groups in total. The van der Waals surface area contributed by atoms with E-state index in [1.165, 1.54) is 11.3 Å². The first-order valence-corrected chi connectivity index (χ1v) is 9.97. The highest BCUT2D eigenvalue weighted by Crippen LogP contribution is 2.28. The van der Waals surface area contributed by atoms with Gasteiger partial charge in [-0.15, -0.1) is 10.2 Å². The molecule has 1 heterocycles. The molecule has 0 saturated heterocycles. The third-order valence-corrected chi connectivity index (χ3v) is 5.17. The van der Waals surface area contributed by atoms with Gasteiger partial charge in [0, 0.05) is 5.56 Å². The summed E-state index contributed by atoms with van der Waals surface area (Å²) in [6.07, 6.45) is 0. The molecule has 150 valence electrons. The molecule has 0 bridgehead atoms. The van der Waals surface area contributed by atoms with Gasteiger partial charge in [0.05, 0.1) is 30.1 Å². The van der Waals surface area contributed by atoms with Crippen molar-refractivity contribution < 1.29 is 9.47 Å². The number of hydrogen-bond acceptors (Lipinski definition) is 7. The van der Waals surface area contributed by atoms with Crippen LogP contribution in [-0.4, -0.2) is 25.0 Å². The molecule has 0 aliphatic carbocycles. The number of aromatic nitrogens is 1. The summed E-state index contributed by atoms with van der Waals surface area (Å²) in [5, 5.41) is 13.7. The molecule has 0 fully saturated rings. The highest BCUT2D eigenvalue weighted by Gasteiger charge is 2.07. The Morgan fingerprint density at radius 2 is 1.67 bits per heavy atom. The Labute approximate surface area is 177 Å². The van der Waals surface area contributed by atoms with E-state index in [4.69, 9.17) is 9.47 Å². The van der Waals surface area contributed by atoms with Gasteiger partial charge >= 0.3 is 0 Å². The maximum Gasteiger partial charge on any atom is 0.231 e. The number of para-hydroxylation sites is 3. The molecule has 4 rings (SSSR count). The molecule has 0 aliphatic heterocycles. The fraction of sp³-hybridized carbons (Fsp3) is 0.0909. The number of hydrogen-bond donors (Lipinski definition) is 1. The number of ether oxygens (including phenoxy) is 2. The molecule has 0 aliphatic rings. The largest absolute Gasteiger partial charge is 0.497 e. The standard InChI is InChI=1S/C22H19N5O2S/c1-28-16-13-11-15(12-14-16)21(25-24-17-7-3-5-9-19(17)29-2)26-27-22-23-18-8-4-6-10-20(18)30-22/h3-14,24H,1-2H3/b25-21+,27-26?. The van der Waals surface area contributed by atoms with Crippen LogP contribution in [0.5, 0.6) is 11.5 Å². The van der Waals surface area contributed by atoms with Gasteiger partial charge in [-0.05, 0) is 48.5 Å². The van der Waals surface area contributed by atoms with Crippen LogP contribution >= 0.6 is 11.3 Å². The van der Waals surface area contributed by atoms with Crippen molar-refractivity contribution in [3.8, 4) is 11.5 Å². The quantitative estimate of drug-likeness (QED) is 0.184. The third-order valence-electron chi connectivity index (χ3n) is 4.25. The predicted molar refractivity (Wildman–Crippen MR) is 120 cm³/mol. The SMILES string of the molecule is COc1ccc(/C(N=Nc2nc3ccccc3s2)=N\Nc2ccccc2OC)cc1. The van der Waals surface area contributed by atoms with E-state index < -0.39 is 0 Å². The number of hydrazone groups is 1. The van der Waals surface area contributed by atoms with E-state index in [1.54, 1.807) is 14.2 Å². The van der Waals surface area contributed by atoms with Crippen LogP contribution in [0.3, 0.4) is 0 Å². The zero-order valence-corrected chi connectivity index (χ0v) is 17.3. The third kappa shape index (κ3) is 4.44. The Hall–Kier alpha value is -3.78. The van der Waals surface area contributed by atoms with E-state index in [-0.39, 0.29) is 0 Å². The van der Waals surface area contributed by atoms with Gasteiger partial charge in [-0.2, -0.15) is 5.10 Å². The first-order chi connectivity index (χ1) is 14.8. The number of nitrogens with one attached hydrogen (secondary N) is 1. The number of benzene rings is 3. The van der Waals surface area contributed by atoms with Gasteiger partial charge in [0.25, 0.3) is 0 Å². The molecular formula is C22H19N5O2S. The zero-order chi connectivity index (χ0) is 20.8. The van der Waals surface area contributed by atoms with Crippen LogP contribution in [-0.2, 0) is 0 Å². The van der Waals surface area contributed by atoms with Crippen molar-refractivity contribution in [3.05, 3.63) is 78.4 Å². The number of amidine groups is 1. The predicted octanol–water partition coefficient (Wildman–Crippen LogP) is 5.87. The van der Waals surface area contributed by atoms with E-state index in [0.717, 1.165) is 27.2 Å². The minimum atomic E-state index is 0.405. The second kappa shape index (κ2) is 9.15. The fourth-order valence-corrected chi connectivity index (χ4v) is 3.52. The van der Waals surface area contributed by atoms with Gasteiger partial charge in [-0.3, -0.25) is 5.43 Å². The van der Waals surface area contributed by atoms with Crippen LogP contribution in [0.25, 0.3) is 10.2 Å². The minimum absolute atomic E-state index is 0.405. The van der Waals surface area contributed by atoms with Crippen molar-refractivity contribution in [2.24, 2.45) is 15.3 Å². The van der Waals surface area contributed by atoms with Crippen molar-refractivity contribution in [2.75, 3.05) is 19.6 Å². The van der Waals surface area contributed by atoms with Crippen LogP contribution in [0, 0.1) is 0 Å². The van der Waals surface area contributed by atoms with Crippen molar-refractivity contribution in [1.29, 1.82) is 0 Å². The minimum Gasteiger partial charge on any atom is -0.497 e. The molecule has 3 aromatic carbocycles. The normalized spacial score (nSPS) is 11.7. The lowest BCUT2D eigenvalue weighted by molar-refractivity contribution is 0.415. The maximum atomic E-state index is 5.37. The zero-order valence-electron chi connectivity index (χ0n) is 16.4. The summed E-state index contributed by atoms with van der Waals surface area (Å²) < 4.78 is 11.7. The van der Waals surface area contributed by atoms with Crippen LogP contribution in [0.4, 0.5) is 10.8 Å². The summed E-state index contributed by atoms with van der Waals surface area (Å²) in [5.74, 6) is 1.83. The first-order valence-electron chi connectivity index (χ1n) is 9.15. The van der Waals surface area contributed by atoms with Crippen LogP contribution in [0.2, 0.25) is 0 Å². The van der Waals surface area contributed by atoms with E-state index >= 15 is 0 Å². The molecule has 0 radical (unpaired) electrons. The number of anilines is 1. The average Bonchev–Trinajstić information content (AvgIpc) is 3.22. The van der Waals surface area contributed by atoms with Crippen molar-refractivity contribution in [2.45, 2.75) is 0 Å². The topological polar surface area (TPSA) is 80.5 Å². The van der Waals surface area contributed by atoms with Crippen molar-refractivity contribution >= 4 is 38.2 Å². The molecule has 4 aromatic rings. The molecule has 0 spiro atoms. The molecule has 1 aromatic heterocycles. The van der Waals surface area contributed by atoms with Gasteiger partial charge in [-0.1, -0.05) is 35.6 Å². The van der Waals surface area contributed by atoms with E-state index in [0.29, 0.717) is 16.7 Å². The molecule has 0 unspecified atom stereocenters. The summed E-state index contributed by atoms with van der Waals surface area (Å²) >= 11 is 1.47. The Bertz CT molecular complexity index is 1170. The van der Waals surface area contributed by atoms with Crippen molar-refractivity contribution in [3.63, 3.8) is 0 Å². The number of nitrogens with zero attached hydrogens (tertiary/aromatic N) is 4. The van der Waals surface area contributed by atoms with Gasteiger partial charge < -0.3 is 9.47 Å². The fourth-order valence-electron chi connectivity index (χ4n) is 2.73. The Balaban J connectivity index is 1.66. The second-order valence-corrected chi connectivity index (χ2v) is 7.15. The maximum absolute atomic E-state index is 5.37. The highest BCUT2D eigenvalue weighted by molar-refractivity contribution is 7.21. The number of azo groups is 1. The summed E-state index contributed by atoms with van der Waals surface area (Å²) in [4.78, 5) is 4.49. The molecule has 0 saturated carbocycles. The van der Waals surface area contributed by atoms with Gasteiger partial charge in [0.1, 0.15) is 11.5 Å². The monoisotopic (exact) mass is 417 g/mol. The van der Waals surface area contributed by atoms with E-state index in [2.05, 4.69) is 25.7 Å². The van der Waals surface area contributed by atoms with Gasteiger partial charge in [0.2, 0.25) is 11.0 Å². The highest BCUT2D eigenvalue weighted by atomic mass is 32.1. The number of thiazole rings is 1. The van der Waals surface area contributed by atoms with E-state index in [1.807, 2.05) is 72.8 Å². The summed E-state index contributed by atoms with van der Waals surface area (Å²) in [6, 6.07) is 22.8. The lowest BCUT2D eigenvalue weighted by Gasteiger charge is -2.08. The summed E-state index contributed by atoms with van der Waals surface area (Å²) in [6.45, 7) is 0. The van der Waals surface area contributed by atoms with Crippen LogP contribution in [0.15, 0.2) is 88.1 Å².